The third-order valence-electron chi connectivity index (χ3n) is 7.23. The Morgan fingerprint density at radius 2 is 2.09 bits per heavy atom. The number of aromatic nitrogens is 5. The molecule has 5 heterocycles. The Hall–Kier alpha value is -2.81. The van der Waals surface area contributed by atoms with Crippen LogP contribution in [0.5, 0.6) is 0 Å². The normalized spacial score (nSPS) is 22.3. The minimum Gasteiger partial charge on any atom is -0.346 e. The summed E-state index contributed by atoms with van der Waals surface area (Å²) in [6.07, 6.45) is 9.53. The van der Waals surface area contributed by atoms with Crippen LogP contribution in [0.4, 0.5) is 4.39 Å². The van der Waals surface area contributed by atoms with Gasteiger partial charge in [-0.05, 0) is 38.0 Å². The number of likely N-dealkylation sites (tertiary alicyclic amines) is 2. The van der Waals surface area contributed by atoms with E-state index in [1.165, 1.54) is 12.1 Å². The smallest absolute Gasteiger partial charge is 0.141 e. The van der Waals surface area contributed by atoms with Crippen molar-refractivity contribution in [2.75, 3.05) is 19.6 Å². The number of nitrogens with one attached hydrogen (secondary N) is 1. The van der Waals surface area contributed by atoms with E-state index in [9.17, 15) is 4.39 Å². The lowest BCUT2D eigenvalue weighted by Gasteiger charge is -2.48. The molecule has 1 radical (unpaired) electrons. The number of halogens is 2. The van der Waals surface area contributed by atoms with E-state index in [1.807, 2.05) is 23.1 Å². The summed E-state index contributed by atoms with van der Waals surface area (Å²) in [4.78, 5) is 16.7. The van der Waals surface area contributed by atoms with Crippen LogP contribution in [0.2, 0.25) is 5.02 Å². The summed E-state index contributed by atoms with van der Waals surface area (Å²) in [5.74, 6) is -0.221. The number of fused-ring (bicyclic) bond motifs is 1. The minimum absolute atomic E-state index is 0.221. The topological polar surface area (TPSA) is 65.9 Å². The molecule has 2 fully saturated rings. The van der Waals surface area contributed by atoms with Gasteiger partial charge in [-0.25, -0.2) is 14.4 Å². The Kier molecular flexibility index (Phi) is 5.59. The van der Waals surface area contributed by atoms with Gasteiger partial charge in [-0.1, -0.05) is 17.7 Å². The number of hydrogen-bond acceptors (Lipinski definition) is 5. The fourth-order valence-electron chi connectivity index (χ4n) is 5.20. The fraction of sp³-hybridized carbons (Fsp3) is 0.360. The number of piperidine rings is 1. The molecular weight excluding hydrogens is 453 g/mol. The van der Waals surface area contributed by atoms with Crippen LogP contribution in [0.25, 0.3) is 22.3 Å². The molecule has 0 amide bonds. The highest BCUT2D eigenvalue weighted by Crippen LogP contribution is 2.32. The monoisotopic (exact) mass is 478 g/mol. The molecule has 0 saturated carbocycles. The van der Waals surface area contributed by atoms with Crippen molar-refractivity contribution in [1.29, 1.82) is 0 Å². The first-order valence-corrected chi connectivity index (χ1v) is 12.0. The molecule has 4 aromatic rings. The van der Waals surface area contributed by atoms with Crippen LogP contribution in [-0.2, 0) is 6.54 Å². The van der Waals surface area contributed by atoms with Crippen molar-refractivity contribution < 1.29 is 4.39 Å². The molecule has 6 rings (SSSR count). The van der Waals surface area contributed by atoms with E-state index in [2.05, 4.69) is 43.0 Å². The van der Waals surface area contributed by atoms with Crippen LogP contribution in [0, 0.1) is 11.9 Å². The molecule has 175 valence electrons. The fourth-order valence-corrected chi connectivity index (χ4v) is 5.42. The molecule has 0 bridgehead atoms. The van der Waals surface area contributed by atoms with E-state index in [0.717, 1.165) is 54.8 Å². The first-order chi connectivity index (χ1) is 16.6. The number of benzene rings is 1. The number of rotatable bonds is 5. The SMILES string of the molecule is CC1CC(N2C[C](n3cc(-c4ncnc5[nH]ccc45)cn3)C2)CCN1Cc1c(F)cccc1Cl. The van der Waals surface area contributed by atoms with E-state index in [-0.39, 0.29) is 5.82 Å². The largest absolute Gasteiger partial charge is 0.346 e. The molecule has 34 heavy (non-hydrogen) atoms. The van der Waals surface area contributed by atoms with Crippen LogP contribution < -0.4 is 0 Å². The van der Waals surface area contributed by atoms with Crippen molar-refractivity contribution in [3.63, 3.8) is 0 Å². The number of H-pyrrole nitrogens is 1. The second kappa shape index (κ2) is 8.76. The molecule has 2 atom stereocenters. The van der Waals surface area contributed by atoms with Gasteiger partial charge in [0.25, 0.3) is 0 Å². The lowest BCUT2D eigenvalue weighted by molar-refractivity contribution is 0.0398. The lowest BCUT2D eigenvalue weighted by Crippen LogP contribution is -2.57. The van der Waals surface area contributed by atoms with Crippen molar-refractivity contribution in [2.24, 2.45) is 0 Å². The Balaban J connectivity index is 1.06. The van der Waals surface area contributed by atoms with Crippen molar-refractivity contribution in [1.82, 2.24) is 34.5 Å². The van der Waals surface area contributed by atoms with Crippen molar-refractivity contribution in [3.05, 3.63) is 71.6 Å². The summed E-state index contributed by atoms with van der Waals surface area (Å²) in [5.41, 5.74) is 3.32. The molecule has 0 spiro atoms. The van der Waals surface area contributed by atoms with Gasteiger partial charge in [-0.3, -0.25) is 14.5 Å². The van der Waals surface area contributed by atoms with Crippen molar-refractivity contribution in [3.8, 4) is 11.3 Å². The maximum atomic E-state index is 14.2. The highest BCUT2D eigenvalue weighted by molar-refractivity contribution is 6.31. The Morgan fingerprint density at radius 1 is 1.21 bits per heavy atom. The number of nitrogens with zero attached hydrogens (tertiary/aromatic N) is 6. The average Bonchev–Trinajstić information content (AvgIpc) is 3.46. The molecule has 9 heteroatoms. The summed E-state index contributed by atoms with van der Waals surface area (Å²) < 4.78 is 16.2. The Morgan fingerprint density at radius 3 is 2.91 bits per heavy atom. The van der Waals surface area contributed by atoms with E-state index in [1.54, 1.807) is 18.5 Å². The zero-order valence-electron chi connectivity index (χ0n) is 19.0. The van der Waals surface area contributed by atoms with Gasteiger partial charge in [-0.15, -0.1) is 0 Å². The Bertz CT molecular complexity index is 1290. The maximum absolute atomic E-state index is 14.2. The molecule has 2 saturated heterocycles. The molecular formula is C25H26ClFN7. The van der Waals surface area contributed by atoms with Crippen LogP contribution in [0.1, 0.15) is 25.3 Å². The van der Waals surface area contributed by atoms with E-state index >= 15 is 0 Å². The van der Waals surface area contributed by atoms with Crippen LogP contribution in [0.15, 0.2) is 49.2 Å². The highest BCUT2D eigenvalue weighted by Gasteiger charge is 2.38. The Labute approximate surface area is 202 Å². The maximum Gasteiger partial charge on any atom is 0.141 e. The lowest BCUT2D eigenvalue weighted by atomic mass is 9.93. The zero-order chi connectivity index (χ0) is 23.2. The third kappa shape index (κ3) is 3.89. The molecule has 0 aliphatic carbocycles. The number of hydrogen-bond donors (Lipinski definition) is 1. The van der Waals surface area contributed by atoms with Gasteiger partial charge in [0, 0.05) is 72.2 Å². The third-order valence-corrected chi connectivity index (χ3v) is 7.58. The first-order valence-electron chi connectivity index (χ1n) is 11.7. The molecule has 2 aliphatic rings. The zero-order valence-corrected chi connectivity index (χ0v) is 19.7. The van der Waals surface area contributed by atoms with E-state index < -0.39 is 0 Å². The molecule has 3 aromatic heterocycles. The van der Waals surface area contributed by atoms with E-state index in [0.29, 0.717) is 29.2 Å². The van der Waals surface area contributed by atoms with Gasteiger partial charge in [0.15, 0.2) is 0 Å². The predicted octanol–water partition coefficient (Wildman–Crippen LogP) is 4.36. The van der Waals surface area contributed by atoms with Crippen LogP contribution in [0.3, 0.4) is 0 Å². The van der Waals surface area contributed by atoms with Crippen LogP contribution in [-0.4, -0.2) is 66.3 Å². The molecule has 1 aromatic carbocycles. The van der Waals surface area contributed by atoms with E-state index in [4.69, 9.17) is 11.6 Å². The quantitative estimate of drug-likeness (QED) is 0.461. The minimum atomic E-state index is -0.221. The number of aromatic amines is 1. The second-order valence-electron chi connectivity index (χ2n) is 9.30. The summed E-state index contributed by atoms with van der Waals surface area (Å²) in [5, 5.41) is 6.11. The van der Waals surface area contributed by atoms with Gasteiger partial charge in [-0.2, -0.15) is 5.10 Å². The van der Waals surface area contributed by atoms with Gasteiger partial charge in [0.05, 0.1) is 11.9 Å². The summed E-state index contributed by atoms with van der Waals surface area (Å²) in [6.45, 7) is 5.56. The average molecular weight is 479 g/mol. The molecule has 7 nitrogen and oxygen atoms in total. The van der Waals surface area contributed by atoms with Gasteiger partial charge < -0.3 is 4.98 Å². The molecule has 2 aliphatic heterocycles. The van der Waals surface area contributed by atoms with Gasteiger partial charge >= 0.3 is 0 Å². The summed E-state index contributed by atoms with van der Waals surface area (Å²) in [7, 11) is 0. The molecule has 2 unspecified atom stereocenters. The standard InChI is InChI=1S/C25H26ClFN7/c1-16-9-18(6-8-32(16)14-21-22(26)3-2-4-23(21)27)33-12-19(13-33)34-11-17(10-31-34)24-20-5-7-28-25(20)30-15-29-24/h2-5,7,10-11,15-16,18H,6,8-9,12-14H2,1H3,(H,28,29,30). The summed E-state index contributed by atoms with van der Waals surface area (Å²) >= 11 is 6.25. The van der Waals surface area contributed by atoms with Crippen molar-refractivity contribution >= 4 is 22.6 Å². The highest BCUT2D eigenvalue weighted by atomic mass is 35.5. The second-order valence-corrected chi connectivity index (χ2v) is 9.71. The van der Waals surface area contributed by atoms with Crippen molar-refractivity contribution in [2.45, 2.75) is 38.4 Å². The van der Waals surface area contributed by atoms with Gasteiger partial charge in [0.1, 0.15) is 23.8 Å². The summed E-state index contributed by atoms with van der Waals surface area (Å²) in [6, 6.07) is 9.10. The van der Waals surface area contributed by atoms with Gasteiger partial charge in [0.2, 0.25) is 0 Å². The first kappa shape index (κ1) is 21.7. The predicted molar refractivity (Wildman–Crippen MR) is 130 cm³/mol. The molecule has 1 N–H and O–H groups in total. The van der Waals surface area contributed by atoms with Crippen LogP contribution >= 0.6 is 11.6 Å².